The van der Waals surface area contributed by atoms with E-state index in [9.17, 15) is 14.4 Å². The van der Waals surface area contributed by atoms with Gasteiger partial charge in [0.15, 0.2) is 0 Å². The SMILES string of the molecule is NC(=O)C1CC(C2CCCN(C(=O)c3ccc(C(=O)O)cc3)C2)NN1. The van der Waals surface area contributed by atoms with Gasteiger partial charge in [0.05, 0.1) is 5.56 Å². The molecule has 2 amide bonds. The number of carboxylic acid groups (broad SMARTS) is 1. The molecule has 0 radical (unpaired) electrons. The maximum absolute atomic E-state index is 12.7. The normalized spacial score (nSPS) is 26.4. The number of carboxylic acids is 1. The fraction of sp³-hybridized carbons (Fsp3) is 0.471. The van der Waals surface area contributed by atoms with Gasteiger partial charge in [-0.2, -0.15) is 0 Å². The van der Waals surface area contributed by atoms with E-state index in [4.69, 9.17) is 10.8 Å². The maximum atomic E-state index is 12.7. The van der Waals surface area contributed by atoms with E-state index in [-0.39, 0.29) is 35.4 Å². The Morgan fingerprint density at radius 2 is 1.80 bits per heavy atom. The molecule has 0 spiro atoms. The number of nitrogens with one attached hydrogen (secondary N) is 2. The van der Waals surface area contributed by atoms with Crippen molar-refractivity contribution in [3.05, 3.63) is 35.4 Å². The van der Waals surface area contributed by atoms with Gasteiger partial charge in [0.1, 0.15) is 6.04 Å². The highest BCUT2D eigenvalue weighted by atomic mass is 16.4. The number of carbonyl (C=O) groups excluding carboxylic acids is 2. The number of benzene rings is 1. The molecule has 3 unspecified atom stereocenters. The number of likely N-dealkylation sites (tertiary alicyclic amines) is 1. The number of hydrogen-bond acceptors (Lipinski definition) is 5. The molecule has 2 aliphatic rings. The summed E-state index contributed by atoms with van der Waals surface area (Å²) in [4.78, 5) is 36.7. The van der Waals surface area contributed by atoms with E-state index < -0.39 is 5.97 Å². The van der Waals surface area contributed by atoms with Gasteiger partial charge in [-0.25, -0.2) is 10.2 Å². The highest BCUT2D eigenvalue weighted by Crippen LogP contribution is 2.25. The van der Waals surface area contributed by atoms with E-state index in [0.717, 1.165) is 12.8 Å². The monoisotopic (exact) mass is 346 g/mol. The van der Waals surface area contributed by atoms with Gasteiger partial charge >= 0.3 is 5.97 Å². The number of nitrogens with zero attached hydrogens (tertiary/aromatic N) is 1. The molecule has 2 aliphatic heterocycles. The summed E-state index contributed by atoms with van der Waals surface area (Å²) >= 11 is 0. The fourth-order valence-corrected chi connectivity index (χ4v) is 3.54. The van der Waals surface area contributed by atoms with Crippen LogP contribution in [-0.2, 0) is 4.79 Å². The molecular weight excluding hydrogens is 324 g/mol. The average molecular weight is 346 g/mol. The topological polar surface area (TPSA) is 125 Å². The molecular formula is C17H22N4O4. The van der Waals surface area contributed by atoms with Gasteiger partial charge < -0.3 is 15.7 Å². The van der Waals surface area contributed by atoms with E-state index in [1.54, 1.807) is 17.0 Å². The van der Waals surface area contributed by atoms with Crippen molar-refractivity contribution in [3.63, 3.8) is 0 Å². The standard InChI is InChI=1S/C17H22N4O4/c18-15(22)14-8-13(19-20-14)12-2-1-7-21(9-12)16(23)10-3-5-11(6-4-10)17(24)25/h3-6,12-14,19-20H,1-2,7-9H2,(H2,18,22)(H,24,25). The smallest absolute Gasteiger partial charge is 0.335 e. The van der Waals surface area contributed by atoms with Crippen LogP contribution in [0.15, 0.2) is 24.3 Å². The molecule has 1 aromatic rings. The predicted octanol–water partition coefficient (Wildman–Crippen LogP) is -0.0426. The number of amides is 2. The van der Waals surface area contributed by atoms with Gasteiger partial charge in [-0.3, -0.25) is 15.0 Å². The lowest BCUT2D eigenvalue weighted by Gasteiger charge is -2.35. The lowest BCUT2D eigenvalue weighted by atomic mass is 9.88. The van der Waals surface area contributed by atoms with Crippen molar-refractivity contribution in [3.8, 4) is 0 Å². The summed E-state index contributed by atoms with van der Waals surface area (Å²) in [7, 11) is 0. The summed E-state index contributed by atoms with van der Waals surface area (Å²) < 4.78 is 0. The van der Waals surface area contributed by atoms with E-state index in [1.807, 2.05) is 0 Å². The minimum atomic E-state index is -1.01. The number of aromatic carboxylic acids is 1. The Hall–Kier alpha value is -2.45. The van der Waals surface area contributed by atoms with Gasteiger partial charge in [-0.05, 0) is 49.4 Å². The van der Waals surface area contributed by atoms with Crippen LogP contribution in [0.1, 0.15) is 40.0 Å². The number of carbonyl (C=O) groups is 3. The number of rotatable bonds is 4. The van der Waals surface area contributed by atoms with E-state index in [1.165, 1.54) is 12.1 Å². The quantitative estimate of drug-likeness (QED) is 0.606. The number of nitrogens with two attached hydrogens (primary N) is 1. The zero-order valence-electron chi connectivity index (χ0n) is 13.8. The van der Waals surface area contributed by atoms with Gasteiger partial charge in [0.2, 0.25) is 5.91 Å². The lowest BCUT2D eigenvalue weighted by Crippen LogP contribution is -2.47. The van der Waals surface area contributed by atoms with Crippen molar-refractivity contribution in [2.24, 2.45) is 11.7 Å². The van der Waals surface area contributed by atoms with Crippen molar-refractivity contribution in [2.45, 2.75) is 31.3 Å². The van der Waals surface area contributed by atoms with Crippen molar-refractivity contribution in [1.82, 2.24) is 15.8 Å². The molecule has 5 N–H and O–H groups in total. The molecule has 0 saturated carbocycles. The molecule has 1 aromatic carbocycles. The fourth-order valence-electron chi connectivity index (χ4n) is 3.54. The summed E-state index contributed by atoms with van der Waals surface area (Å²) in [5.74, 6) is -1.25. The van der Waals surface area contributed by atoms with Crippen molar-refractivity contribution < 1.29 is 19.5 Å². The number of piperidine rings is 1. The Morgan fingerprint density at radius 1 is 1.12 bits per heavy atom. The third-order valence-corrected chi connectivity index (χ3v) is 4.97. The Morgan fingerprint density at radius 3 is 2.40 bits per heavy atom. The second-order valence-electron chi connectivity index (χ2n) is 6.62. The molecule has 3 atom stereocenters. The highest BCUT2D eigenvalue weighted by Gasteiger charge is 2.36. The molecule has 25 heavy (non-hydrogen) atoms. The first kappa shape index (κ1) is 17.4. The maximum Gasteiger partial charge on any atom is 0.335 e. The van der Waals surface area contributed by atoms with Gasteiger partial charge in [-0.15, -0.1) is 0 Å². The Kier molecular flexibility index (Phi) is 5.00. The van der Waals surface area contributed by atoms with Gasteiger partial charge in [0.25, 0.3) is 5.91 Å². The first-order chi connectivity index (χ1) is 12.0. The molecule has 2 fully saturated rings. The molecule has 2 saturated heterocycles. The third-order valence-electron chi connectivity index (χ3n) is 4.97. The predicted molar refractivity (Wildman–Crippen MR) is 89.7 cm³/mol. The van der Waals surface area contributed by atoms with E-state index >= 15 is 0 Å². The number of hydrogen-bond donors (Lipinski definition) is 4. The number of primary amides is 1. The van der Waals surface area contributed by atoms with Crippen LogP contribution in [0.4, 0.5) is 0 Å². The molecule has 8 nitrogen and oxygen atoms in total. The van der Waals surface area contributed by atoms with Crippen molar-refractivity contribution in [1.29, 1.82) is 0 Å². The zero-order valence-corrected chi connectivity index (χ0v) is 13.8. The van der Waals surface area contributed by atoms with Crippen LogP contribution in [0.5, 0.6) is 0 Å². The molecule has 0 aromatic heterocycles. The first-order valence-electron chi connectivity index (χ1n) is 8.38. The third kappa shape index (κ3) is 3.80. The Balaban J connectivity index is 1.63. The van der Waals surface area contributed by atoms with Gasteiger partial charge in [-0.1, -0.05) is 0 Å². The molecule has 8 heteroatoms. The summed E-state index contributed by atoms with van der Waals surface area (Å²) in [5, 5.41) is 8.94. The second-order valence-corrected chi connectivity index (χ2v) is 6.62. The molecule has 0 aliphatic carbocycles. The zero-order chi connectivity index (χ0) is 18.0. The minimum absolute atomic E-state index is 0.0981. The van der Waals surface area contributed by atoms with Crippen LogP contribution < -0.4 is 16.6 Å². The van der Waals surface area contributed by atoms with Crippen LogP contribution in [0.25, 0.3) is 0 Å². The molecule has 0 bridgehead atoms. The van der Waals surface area contributed by atoms with Gasteiger partial charge in [0, 0.05) is 24.7 Å². The van der Waals surface area contributed by atoms with Crippen molar-refractivity contribution in [2.75, 3.05) is 13.1 Å². The summed E-state index contributed by atoms with van der Waals surface area (Å²) in [5.41, 5.74) is 12.0. The Labute approximate surface area is 145 Å². The van der Waals surface area contributed by atoms with E-state index in [2.05, 4.69) is 10.9 Å². The lowest BCUT2D eigenvalue weighted by molar-refractivity contribution is -0.119. The summed E-state index contributed by atoms with van der Waals surface area (Å²) in [6.45, 7) is 1.28. The van der Waals surface area contributed by atoms with Crippen LogP contribution in [-0.4, -0.2) is 53.0 Å². The van der Waals surface area contributed by atoms with Crippen LogP contribution in [0, 0.1) is 5.92 Å². The molecule has 134 valence electrons. The average Bonchev–Trinajstić information content (AvgIpc) is 3.12. The first-order valence-corrected chi connectivity index (χ1v) is 8.38. The summed E-state index contributed by atoms with van der Waals surface area (Å²) in [6, 6.07) is 5.71. The largest absolute Gasteiger partial charge is 0.478 e. The molecule has 3 rings (SSSR count). The van der Waals surface area contributed by atoms with E-state index in [0.29, 0.717) is 25.1 Å². The summed E-state index contributed by atoms with van der Waals surface area (Å²) in [6.07, 6.45) is 2.49. The second kappa shape index (κ2) is 7.20. The van der Waals surface area contributed by atoms with Crippen molar-refractivity contribution >= 4 is 17.8 Å². The van der Waals surface area contributed by atoms with Crippen LogP contribution in [0.2, 0.25) is 0 Å². The minimum Gasteiger partial charge on any atom is -0.478 e. The Bertz CT molecular complexity index is 676. The highest BCUT2D eigenvalue weighted by molar-refractivity contribution is 5.96. The van der Waals surface area contributed by atoms with Crippen LogP contribution >= 0.6 is 0 Å². The number of hydrazine groups is 1. The molecule has 2 heterocycles. The van der Waals surface area contributed by atoms with Crippen LogP contribution in [0.3, 0.4) is 0 Å².